The lowest BCUT2D eigenvalue weighted by molar-refractivity contribution is -0.257. The van der Waals surface area contributed by atoms with Crippen LogP contribution in [-0.2, 0) is 48.7 Å². The summed E-state index contributed by atoms with van der Waals surface area (Å²) in [4.78, 5) is 46.4. The third-order valence-electron chi connectivity index (χ3n) is 3.83. The number of carbonyl (C=O) groups excluding carboxylic acids is 4. The molecule has 0 aromatic carbocycles. The Morgan fingerprint density at radius 3 is 1.93 bits per heavy atom. The van der Waals surface area contributed by atoms with E-state index in [9.17, 15) is 19.2 Å². The van der Waals surface area contributed by atoms with Gasteiger partial charge in [-0.15, -0.1) is 21.8 Å². The number of alkyl halides is 1. The number of esters is 4. The van der Waals surface area contributed by atoms with Crippen LogP contribution in [0.5, 0.6) is 0 Å². The van der Waals surface area contributed by atoms with Crippen LogP contribution in [0.3, 0.4) is 0 Å². The minimum atomic E-state index is -1.32. The monoisotopic (exact) mass is 448 g/mol. The molecular formula is C17H21ClN2O10. The van der Waals surface area contributed by atoms with Crippen molar-refractivity contribution in [1.82, 2.24) is 10.2 Å². The van der Waals surface area contributed by atoms with E-state index in [1.807, 2.05) is 0 Å². The Morgan fingerprint density at radius 2 is 1.43 bits per heavy atom. The van der Waals surface area contributed by atoms with Crippen molar-refractivity contribution in [3.05, 3.63) is 11.8 Å². The van der Waals surface area contributed by atoms with E-state index < -0.39 is 54.4 Å². The second-order valence-electron chi connectivity index (χ2n) is 6.29. The topological polar surface area (TPSA) is 153 Å². The summed E-state index contributed by atoms with van der Waals surface area (Å²) in [6, 6.07) is 0. The highest BCUT2D eigenvalue weighted by Gasteiger charge is 2.54. The SMILES string of the molecule is CC(=O)OC[C@H]1O[C@@H](c2nnc(CCl)o2)[C@H](OC(C)=O)[C@@H](OC(C)=O)[C@H]1OC(C)=O. The Labute approximate surface area is 176 Å². The van der Waals surface area contributed by atoms with Gasteiger partial charge < -0.3 is 28.1 Å². The molecule has 30 heavy (non-hydrogen) atoms. The summed E-state index contributed by atoms with van der Waals surface area (Å²) in [5.74, 6) is -2.96. The highest BCUT2D eigenvalue weighted by molar-refractivity contribution is 6.16. The maximum atomic E-state index is 11.7. The van der Waals surface area contributed by atoms with Crippen LogP contribution in [0.4, 0.5) is 0 Å². The molecule has 0 spiro atoms. The van der Waals surface area contributed by atoms with Crippen molar-refractivity contribution in [3.8, 4) is 0 Å². The summed E-state index contributed by atoms with van der Waals surface area (Å²) in [5, 5.41) is 7.55. The average Bonchev–Trinajstić information content (AvgIpc) is 3.11. The predicted molar refractivity (Wildman–Crippen MR) is 94.8 cm³/mol. The lowest BCUT2D eigenvalue weighted by Crippen LogP contribution is -2.59. The van der Waals surface area contributed by atoms with Gasteiger partial charge in [0.15, 0.2) is 24.4 Å². The summed E-state index contributed by atoms with van der Waals surface area (Å²) in [7, 11) is 0. The van der Waals surface area contributed by atoms with Crippen LogP contribution in [0, 0.1) is 0 Å². The molecule has 1 aliphatic rings. The molecule has 1 aromatic rings. The number of hydrogen-bond donors (Lipinski definition) is 0. The van der Waals surface area contributed by atoms with Gasteiger partial charge in [-0.3, -0.25) is 19.2 Å². The van der Waals surface area contributed by atoms with E-state index in [1.165, 1.54) is 6.92 Å². The number of nitrogens with zero attached hydrogens (tertiary/aromatic N) is 2. The van der Waals surface area contributed by atoms with Gasteiger partial charge in [0.05, 0.1) is 0 Å². The van der Waals surface area contributed by atoms with Gasteiger partial charge in [0.1, 0.15) is 18.6 Å². The molecule has 0 unspecified atom stereocenters. The minimum Gasteiger partial charge on any atom is -0.463 e. The van der Waals surface area contributed by atoms with Crippen LogP contribution in [0.2, 0.25) is 0 Å². The fourth-order valence-corrected chi connectivity index (χ4v) is 2.97. The maximum Gasteiger partial charge on any atom is 0.303 e. The Kier molecular flexibility index (Phi) is 8.12. The van der Waals surface area contributed by atoms with Crippen molar-refractivity contribution < 1.29 is 47.3 Å². The summed E-state index contributed by atoms with van der Waals surface area (Å²) in [6.07, 6.45) is -6.23. The molecule has 1 fully saturated rings. The predicted octanol–water partition coefficient (Wildman–Crippen LogP) is 0.606. The molecule has 0 radical (unpaired) electrons. The Morgan fingerprint density at radius 1 is 0.867 bits per heavy atom. The van der Waals surface area contributed by atoms with Gasteiger partial charge >= 0.3 is 23.9 Å². The third kappa shape index (κ3) is 6.13. The van der Waals surface area contributed by atoms with Crippen molar-refractivity contribution in [2.24, 2.45) is 0 Å². The zero-order chi connectivity index (χ0) is 22.4. The first-order chi connectivity index (χ1) is 14.1. The molecule has 2 rings (SSSR count). The summed E-state index contributed by atoms with van der Waals surface area (Å²) in [5.41, 5.74) is 0. The van der Waals surface area contributed by atoms with E-state index in [1.54, 1.807) is 0 Å². The minimum absolute atomic E-state index is 0.0690. The number of rotatable bonds is 7. The number of halogens is 1. The molecular weight excluding hydrogens is 428 g/mol. The highest BCUT2D eigenvalue weighted by Crippen LogP contribution is 2.37. The summed E-state index contributed by atoms with van der Waals surface area (Å²) >= 11 is 5.68. The molecule has 1 aliphatic heterocycles. The van der Waals surface area contributed by atoms with E-state index in [0.717, 1.165) is 20.8 Å². The van der Waals surface area contributed by atoms with Crippen LogP contribution in [0.15, 0.2) is 4.42 Å². The molecule has 12 nitrogen and oxygen atoms in total. The number of carbonyl (C=O) groups is 4. The molecule has 5 atom stereocenters. The van der Waals surface area contributed by atoms with Gasteiger partial charge in [-0.25, -0.2) is 0 Å². The first-order valence-corrected chi connectivity index (χ1v) is 9.34. The lowest BCUT2D eigenvalue weighted by Gasteiger charge is -2.43. The van der Waals surface area contributed by atoms with Crippen LogP contribution in [-0.4, -0.2) is 65.1 Å². The Hall–Kier alpha value is -2.73. The standard InChI is InChI=1S/C17H21ClN2O10/c1-7(21)25-6-11-13(26-8(2)22)14(27-9(3)23)15(28-10(4)24)16(29-11)17-20-19-12(5-18)30-17/h11,13-16H,5-6H2,1-4H3/t11-,13+,14+,15-,16-/m1/s1. The molecule has 1 saturated heterocycles. The molecule has 0 bridgehead atoms. The lowest BCUT2D eigenvalue weighted by atomic mass is 9.94. The van der Waals surface area contributed by atoms with E-state index in [4.69, 9.17) is 39.7 Å². The summed E-state index contributed by atoms with van der Waals surface area (Å²) < 4.78 is 32.1. The molecule has 13 heteroatoms. The van der Waals surface area contributed by atoms with Gasteiger partial charge in [-0.2, -0.15) is 0 Å². The van der Waals surface area contributed by atoms with Gasteiger partial charge in [-0.05, 0) is 0 Å². The first kappa shape index (κ1) is 23.5. The van der Waals surface area contributed by atoms with Gasteiger partial charge in [0.25, 0.3) is 0 Å². The Balaban J connectivity index is 2.50. The largest absolute Gasteiger partial charge is 0.463 e. The Bertz CT molecular complexity index is 797. The molecule has 0 N–H and O–H groups in total. The molecule has 166 valence electrons. The molecule has 0 aliphatic carbocycles. The van der Waals surface area contributed by atoms with Crippen molar-refractivity contribution in [2.45, 2.75) is 64.1 Å². The maximum absolute atomic E-state index is 11.7. The van der Waals surface area contributed by atoms with Crippen molar-refractivity contribution in [3.63, 3.8) is 0 Å². The normalized spacial score (nSPS) is 25.8. The first-order valence-electron chi connectivity index (χ1n) is 8.81. The van der Waals surface area contributed by atoms with Crippen LogP contribution < -0.4 is 0 Å². The number of aromatic nitrogens is 2. The van der Waals surface area contributed by atoms with Crippen LogP contribution in [0.25, 0.3) is 0 Å². The fraction of sp³-hybridized carbons (Fsp3) is 0.647. The molecule has 1 aromatic heterocycles. The van der Waals surface area contributed by atoms with Crippen molar-refractivity contribution in [2.75, 3.05) is 6.61 Å². The van der Waals surface area contributed by atoms with E-state index in [2.05, 4.69) is 10.2 Å². The smallest absolute Gasteiger partial charge is 0.303 e. The zero-order valence-electron chi connectivity index (χ0n) is 16.7. The van der Waals surface area contributed by atoms with E-state index >= 15 is 0 Å². The third-order valence-corrected chi connectivity index (χ3v) is 4.06. The fourth-order valence-electron chi connectivity index (χ4n) is 2.86. The van der Waals surface area contributed by atoms with Gasteiger partial charge in [-0.1, -0.05) is 0 Å². The van der Waals surface area contributed by atoms with E-state index in [0.29, 0.717) is 0 Å². The second kappa shape index (κ2) is 10.3. The average molecular weight is 449 g/mol. The van der Waals surface area contributed by atoms with E-state index in [-0.39, 0.29) is 24.3 Å². The van der Waals surface area contributed by atoms with Gasteiger partial charge in [0.2, 0.25) is 11.8 Å². The second-order valence-corrected chi connectivity index (χ2v) is 6.55. The van der Waals surface area contributed by atoms with Crippen molar-refractivity contribution >= 4 is 35.5 Å². The quantitative estimate of drug-likeness (QED) is 0.326. The van der Waals surface area contributed by atoms with Crippen molar-refractivity contribution in [1.29, 1.82) is 0 Å². The van der Waals surface area contributed by atoms with Gasteiger partial charge in [0, 0.05) is 27.7 Å². The molecule has 2 heterocycles. The molecule has 0 saturated carbocycles. The van der Waals surface area contributed by atoms with Crippen LogP contribution >= 0.6 is 11.6 Å². The zero-order valence-corrected chi connectivity index (χ0v) is 17.4. The highest BCUT2D eigenvalue weighted by atomic mass is 35.5. The van der Waals surface area contributed by atoms with Crippen LogP contribution in [0.1, 0.15) is 45.6 Å². The number of ether oxygens (including phenoxy) is 5. The number of hydrogen-bond acceptors (Lipinski definition) is 12. The molecule has 0 amide bonds. The summed E-state index contributed by atoms with van der Waals surface area (Å²) in [6.45, 7) is 4.21.